The fourth-order valence-corrected chi connectivity index (χ4v) is 2.67. The maximum Gasteiger partial charge on any atom is 0.342 e. The summed E-state index contributed by atoms with van der Waals surface area (Å²) in [5.74, 6) is -2.07. The van der Waals surface area contributed by atoms with Crippen molar-refractivity contribution >= 4 is 17.9 Å². The van der Waals surface area contributed by atoms with Crippen molar-refractivity contribution in [2.75, 3.05) is 0 Å². The maximum absolute atomic E-state index is 13.3. The number of amides is 3. The van der Waals surface area contributed by atoms with Crippen LogP contribution in [-0.4, -0.2) is 33.8 Å². The second kappa shape index (κ2) is 8.56. The third kappa shape index (κ3) is 4.69. The maximum atomic E-state index is 13.3. The van der Waals surface area contributed by atoms with Crippen LogP contribution in [0.2, 0.25) is 0 Å². The molecule has 1 atom stereocenters. The van der Waals surface area contributed by atoms with Gasteiger partial charge in [-0.25, -0.2) is 18.7 Å². The molecule has 30 heavy (non-hydrogen) atoms. The number of nitrogens with two attached hydrogens (primary N) is 1. The lowest BCUT2D eigenvalue weighted by atomic mass is 10.1. The molecular formula is C21H19FN4O4. The van der Waals surface area contributed by atoms with Crippen LogP contribution in [0.1, 0.15) is 22.8 Å². The van der Waals surface area contributed by atoms with E-state index in [2.05, 4.69) is 5.10 Å². The lowest BCUT2D eigenvalue weighted by Gasteiger charge is -2.11. The predicted molar refractivity (Wildman–Crippen MR) is 106 cm³/mol. The number of ether oxygens (including phenoxy) is 1. The molecule has 0 saturated heterocycles. The highest BCUT2D eigenvalue weighted by Crippen LogP contribution is 2.25. The number of halogens is 1. The van der Waals surface area contributed by atoms with Gasteiger partial charge in [0.05, 0.1) is 5.69 Å². The average Bonchev–Trinajstić information content (AvgIpc) is 3.14. The molecule has 0 spiro atoms. The van der Waals surface area contributed by atoms with Gasteiger partial charge in [0, 0.05) is 11.8 Å². The van der Waals surface area contributed by atoms with Crippen LogP contribution in [0.4, 0.5) is 9.18 Å². The lowest BCUT2D eigenvalue weighted by molar-refractivity contribution is -0.127. The first-order valence-electron chi connectivity index (χ1n) is 8.98. The van der Waals surface area contributed by atoms with Crippen molar-refractivity contribution in [1.29, 1.82) is 0 Å². The van der Waals surface area contributed by atoms with Crippen molar-refractivity contribution in [3.63, 3.8) is 0 Å². The summed E-state index contributed by atoms with van der Waals surface area (Å²) in [4.78, 5) is 35.4. The Bertz CT molecular complexity index is 1090. The van der Waals surface area contributed by atoms with Crippen LogP contribution >= 0.6 is 0 Å². The Labute approximate surface area is 171 Å². The normalized spacial score (nSPS) is 11.6. The molecule has 0 aliphatic carbocycles. The van der Waals surface area contributed by atoms with E-state index in [9.17, 15) is 18.8 Å². The van der Waals surface area contributed by atoms with Crippen LogP contribution < -0.4 is 11.1 Å². The molecule has 9 heteroatoms. The van der Waals surface area contributed by atoms with Crippen LogP contribution in [0.25, 0.3) is 16.9 Å². The lowest BCUT2D eigenvalue weighted by Crippen LogP contribution is -2.42. The molecule has 0 fully saturated rings. The number of primary amides is 1. The van der Waals surface area contributed by atoms with Crippen molar-refractivity contribution in [3.05, 3.63) is 71.7 Å². The highest BCUT2D eigenvalue weighted by molar-refractivity contribution is 6.00. The second-order valence-electron chi connectivity index (χ2n) is 6.58. The summed E-state index contributed by atoms with van der Waals surface area (Å²) in [5, 5.41) is 6.30. The molecule has 154 valence electrons. The molecule has 1 heterocycles. The van der Waals surface area contributed by atoms with Gasteiger partial charge in [-0.15, -0.1) is 0 Å². The number of aromatic nitrogens is 2. The molecule has 1 aromatic heterocycles. The zero-order valence-corrected chi connectivity index (χ0v) is 16.3. The Hall–Kier alpha value is -4.01. The number of nitrogens with zero attached hydrogens (tertiary/aromatic N) is 2. The third-order valence-corrected chi connectivity index (χ3v) is 4.25. The number of rotatable bonds is 5. The van der Waals surface area contributed by atoms with Gasteiger partial charge in [-0.2, -0.15) is 5.10 Å². The number of carbonyl (C=O) groups is 3. The van der Waals surface area contributed by atoms with E-state index in [0.717, 1.165) is 5.56 Å². The van der Waals surface area contributed by atoms with Crippen molar-refractivity contribution < 1.29 is 23.5 Å². The van der Waals surface area contributed by atoms with E-state index in [1.807, 2.05) is 24.4 Å². The van der Waals surface area contributed by atoms with Crippen LogP contribution in [0.3, 0.4) is 0 Å². The fourth-order valence-electron chi connectivity index (χ4n) is 2.67. The van der Waals surface area contributed by atoms with E-state index in [1.165, 1.54) is 42.1 Å². The van der Waals surface area contributed by atoms with Gasteiger partial charge in [-0.1, -0.05) is 29.8 Å². The summed E-state index contributed by atoms with van der Waals surface area (Å²) in [6.45, 7) is 3.24. The van der Waals surface area contributed by atoms with Crippen LogP contribution in [-0.2, 0) is 9.53 Å². The monoisotopic (exact) mass is 410 g/mol. The van der Waals surface area contributed by atoms with E-state index >= 15 is 0 Å². The first-order valence-corrected chi connectivity index (χ1v) is 8.98. The Kier molecular flexibility index (Phi) is 5.91. The molecule has 2 aromatic carbocycles. The molecule has 3 N–H and O–H groups in total. The number of urea groups is 1. The SMILES string of the molecule is Cc1ccc(-c2nn(-c3ccc(F)cc3)cc2C(=O)O[C@@H](C)C(=O)NC(N)=O)cc1. The minimum absolute atomic E-state index is 0.0990. The Balaban J connectivity index is 1.97. The highest BCUT2D eigenvalue weighted by Gasteiger charge is 2.25. The zero-order valence-electron chi connectivity index (χ0n) is 16.3. The van der Waals surface area contributed by atoms with E-state index in [1.54, 1.807) is 12.1 Å². The van der Waals surface area contributed by atoms with Gasteiger partial charge in [0.2, 0.25) is 0 Å². The van der Waals surface area contributed by atoms with Crippen molar-refractivity contribution in [2.45, 2.75) is 20.0 Å². The number of carbonyl (C=O) groups excluding carboxylic acids is 3. The first-order chi connectivity index (χ1) is 14.2. The van der Waals surface area contributed by atoms with Gasteiger partial charge >= 0.3 is 12.0 Å². The van der Waals surface area contributed by atoms with Crippen LogP contribution in [0, 0.1) is 12.7 Å². The number of hydrogen-bond acceptors (Lipinski definition) is 5. The zero-order chi connectivity index (χ0) is 21.8. The molecule has 0 bridgehead atoms. The van der Waals surface area contributed by atoms with Crippen molar-refractivity contribution in [2.24, 2.45) is 5.73 Å². The molecule has 0 radical (unpaired) electrons. The van der Waals surface area contributed by atoms with E-state index in [4.69, 9.17) is 10.5 Å². The summed E-state index contributed by atoms with van der Waals surface area (Å²) in [6.07, 6.45) is 0.175. The fraction of sp³-hybridized carbons (Fsp3) is 0.143. The summed E-state index contributed by atoms with van der Waals surface area (Å²) in [7, 11) is 0. The van der Waals surface area contributed by atoms with Gasteiger partial charge < -0.3 is 10.5 Å². The quantitative estimate of drug-likeness (QED) is 0.628. The standard InChI is InChI=1S/C21H19FN4O4/c1-12-3-5-14(6-4-12)18-17(20(28)30-13(2)19(27)24-21(23)29)11-26(25-18)16-9-7-15(22)8-10-16/h3-11,13H,1-2H3,(H3,23,24,27,29)/t13-/m0/s1. The van der Waals surface area contributed by atoms with Crippen molar-refractivity contribution in [1.82, 2.24) is 15.1 Å². The molecule has 0 aliphatic rings. The average molecular weight is 410 g/mol. The minimum Gasteiger partial charge on any atom is -0.449 e. The summed E-state index contributed by atoms with van der Waals surface area (Å²) in [6, 6.07) is 11.9. The van der Waals surface area contributed by atoms with Crippen LogP contribution in [0.5, 0.6) is 0 Å². The Morgan fingerprint density at radius 2 is 1.73 bits per heavy atom. The largest absolute Gasteiger partial charge is 0.449 e. The molecule has 8 nitrogen and oxygen atoms in total. The van der Waals surface area contributed by atoms with Crippen LogP contribution in [0.15, 0.2) is 54.7 Å². The minimum atomic E-state index is -1.26. The molecule has 0 aliphatic heterocycles. The third-order valence-electron chi connectivity index (χ3n) is 4.25. The molecule has 3 amide bonds. The Morgan fingerprint density at radius 1 is 1.10 bits per heavy atom. The second-order valence-corrected chi connectivity index (χ2v) is 6.58. The smallest absolute Gasteiger partial charge is 0.342 e. The van der Waals surface area contributed by atoms with Crippen molar-refractivity contribution in [3.8, 4) is 16.9 Å². The number of nitrogens with one attached hydrogen (secondary N) is 1. The highest BCUT2D eigenvalue weighted by atomic mass is 19.1. The molecule has 0 unspecified atom stereocenters. The number of esters is 1. The number of imide groups is 1. The summed E-state index contributed by atoms with van der Waals surface area (Å²) < 4.78 is 19.9. The summed E-state index contributed by atoms with van der Waals surface area (Å²) >= 11 is 0. The number of hydrogen-bond donors (Lipinski definition) is 2. The molecule has 3 rings (SSSR count). The van der Waals surface area contributed by atoms with Gasteiger partial charge in [0.25, 0.3) is 5.91 Å². The van der Waals surface area contributed by atoms with Gasteiger partial charge in [-0.3, -0.25) is 10.1 Å². The number of aryl methyl sites for hydroxylation is 1. The number of benzene rings is 2. The van der Waals surface area contributed by atoms with E-state index < -0.39 is 29.8 Å². The molecule has 0 saturated carbocycles. The van der Waals surface area contributed by atoms with E-state index in [-0.39, 0.29) is 5.56 Å². The van der Waals surface area contributed by atoms with E-state index in [0.29, 0.717) is 16.9 Å². The Morgan fingerprint density at radius 3 is 2.33 bits per heavy atom. The first kappa shape index (κ1) is 20.7. The molecule has 3 aromatic rings. The molecular weight excluding hydrogens is 391 g/mol. The topological polar surface area (TPSA) is 116 Å². The van der Waals surface area contributed by atoms with Gasteiger partial charge in [0.1, 0.15) is 17.1 Å². The summed E-state index contributed by atoms with van der Waals surface area (Å²) in [5.41, 5.74) is 7.55. The van der Waals surface area contributed by atoms with Gasteiger partial charge in [-0.05, 0) is 38.1 Å². The predicted octanol–water partition coefficient (Wildman–Crippen LogP) is 2.73. The van der Waals surface area contributed by atoms with Gasteiger partial charge in [0.15, 0.2) is 6.10 Å².